The lowest BCUT2D eigenvalue weighted by molar-refractivity contribution is -0.123. The van der Waals surface area contributed by atoms with E-state index in [2.05, 4.69) is 16.2 Å². The van der Waals surface area contributed by atoms with E-state index in [0.29, 0.717) is 13.2 Å². The van der Waals surface area contributed by atoms with Gasteiger partial charge in [-0.15, -0.1) is 0 Å². The van der Waals surface area contributed by atoms with Crippen LogP contribution in [0.25, 0.3) is 6.08 Å². The Morgan fingerprint density at radius 1 is 1.23 bits per heavy atom. The number of nitrogens with one attached hydrogen (secondary N) is 3. The molecule has 1 aromatic carbocycles. The fourth-order valence-electron chi connectivity index (χ4n) is 1.42. The smallest absolute Gasteiger partial charge is 0.250 e. The maximum Gasteiger partial charge on any atom is 0.250 e. The summed E-state index contributed by atoms with van der Waals surface area (Å²) in [4.78, 5) is 23.0. The largest absolute Gasteiger partial charge is 0.381 e. The molecule has 0 aliphatic heterocycles. The summed E-state index contributed by atoms with van der Waals surface area (Å²) in [5.41, 5.74) is 5.72. The van der Waals surface area contributed by atoms with Crippen LogP contribution in [0.15, 0.2) is 36.4 Å². The van der Waals surface area contributed by atoms with Gasteiger partial charge in [-0.25, -0.2) is 0 Å². The van der Waals surface area contributed by atoms with E-state index in [-0.39, 0.29) is 23.3 Å². The van der Waals surface area contributed by atoms with Crippen LogP contribution in [-0.4, -0.2) is 30.1 Å². The van der Waals surface area contributed by atoms with Crippen LogP contribution >= 0.6 is 12.2 Å². The lowest BCUT2D eigenvalue weighted by atomic mass is 10.2. The van der Waals surface area contributed by atoms with Gasteiger partial charge >= 0.3 is 0 Å². The Balaban J connectivity index is 2.25. The van der Waals surface area contributed by atoms with Gasteiger partial charge in [-0.2, -0.15) is 0 Å². The van der Waals surface area contributed by atoms with Gasteiger partial charge in [-0.05, 0) is 30.8 Å². The van der Waals surface area contributed by atoms with Gasteiger partial charge in [0.25, 0.3) is 0 Å². The summed E-state index contributed by atoms with van der Waals surface area (Å²) in [6.45, 7) is 2.75. The normalized spacial score (nSPS) is 10.2. The third-order valence-electron chi connectivity index (χ3n) is 2.46. The molecule has 1 aromatic rings. The Hall–Kier alpha value is -2.25. The highest BCUT2D eigenvalue weighted by Crippen LogP contribution is 2.00. The van der Waals surface area contributed by atoms with Gasteiger partial charge in [0.05, 0.1) is 13.0 Å². The second kappa shape index (κ2) is 10.5. The number of hydrogen-bond donors (Lipinski definition) is 3. The molecule has 1 rings (SSSR count). The number of carbonyl (C=O) groups is 2. The molecule has 118 valence electrons. The van der Waals surface area contributed by atoms with E-state index < -0.39 is 0 Å². The maximum atomic E-state index is 11.6. The predicted molar refractivity (Wildman–Crippen MR) is 88.6 cm³/mol. The fraction of sp³-hybridized carbons (Fsp3) is 0.267. The molecule has 0 saturated carbocycles. The summed E-state index contributed by atoms with van der Waals surface area (Å²) >= 11 is 4.89. The molecule has 22 heavy (non-hydrogen) atoms. The number of thiocarbonyl (C=S) groups is 1. The molecule has 0 heterocycles. The quantitative estimate of drug-likeness (QED) is 0.317. The first-order valence-electron chi connectivity index (χ1n) is 6.82. The molecule has 0 spiro atoms. The topological polar surface area (TPSA) is 79.5 Å². The van der Waals surface area contributed by atoms with Crippen LogP contribution in [0.3, 0.4) is 0 Å². The first-order chi connectivity index (χ1) is 10.6. The van der Waals surface area contributed by atoms with Crippen molar-refractivity contribution in [1.82, 2.24) is 16.2 Å². The first kappa shape index (κ1) is 17.8. The SMILES string of the molecule is CCOCCC(=O)NNC(=S)NC(=O)/C=C/c1ccccc1. The Morgan fingerprint density at radius 2 is 1.95 bits per heavy atom. The minimum atomic E-state index is -0.384. The second-order valence-electron chi connectivity index (χ2n) is 4.18. The van der Waals surface area contributed by atoms with E-state index in [1.165, 1.54) is 6.08 Å². The lowest BCUT2D eigenvalue weighted by Gasteiger charge is -2.09. The molecule has 0 bridgehead atoms. The number of rotatable bonds is 6. The van der Waals surface area contributed by atoms with Crippen LogP contribution in [0.4, 0.5) is 0 Å². The summed E-state index contributed by atoms with van der Waals surface area (Å²) in [6, 6.07) is 9.39. The van der Waals surface area contributed by atoms with E-state index in [4.69, 9.17) is 17.0 Å². The molecule has 0 unspecified atom stereocenters. The predicted octanol–water partition coefficient (Wildman–Crippen LogP) is 1.15. The molecule has 0 atom stereocenters. The van der Waals surface area contributed by atoms with Crippen LogP contribution in [0.5, 0.6) is 0 Å². The van der Waals surface area contributed by atoms with Crippen molar-refractivity contribution in [3.05, 3.63) is 42.0 Å². The van der Waals surface area contributed by atoms with Gasteiger partial charge < -0.3 is 4.74 Å². The molecule has 3 N–H and O–H groups in total. The average molecular weight is 321 g/mol. The Kier molecular flexibility index (Phi) is 8.47. The van der Waals surface area contributed by atoms with Crippen molar-refractivity contribution in [3.63, 3.8) is 0 Å². The molecule has 0 aromatic heterocycles. The summed E-state index contributed by atoms with van der Waals surface area (Å²) in [5.74, 6) is -0.658. The van der Waals surface area contributed by atoms with Crippen molar-refractivity contribution in [2.24, 2.45) is 0 Å². The molecule has 0 aliphatic carbocycles. The molecule has 0 radical (unpaired) electrons. The van der Waals surface area contributed by atoms with Crippen LogP contribution in [-0.2, 0) is 14.3 Å². The third kappa shape index (κ3) is 8.13. The average Bonchev–Trinajstić information content (AvgIpc) is 2.52. The van der Waals surface area contributed by atoms with E-state index in [1.54, 1.807) is 6.08 Å². The third-order valence-corrected chi connectivity index (χ3v) is 2.66. The Morgan fingerprint density at radius 3 is 2.64 bits per heavy atom. The summed E-state index contributed by atoms with van der Waals surface area (Å²) < 4.78 is 5.05. The summed E-state index contributed by atoms with van der Waals surface area (Å²) in [5, 5.41) is 2.44. The van der Waals surface area contributed by atoms with Gasteiger partial charge in [0.2, 0.25) is 11.8 Å². The van der Waals surface area contributed by atoms with Crippen LogP contribution in [0.1, 0.15) is 18.9 Å². The van der Waals surface area contributed by atoms with E-state index >= 15 is 0 Å². The monoisotopic (exact) mass is 321 g/mol. The number of ether oxygens (including phenoxy) is 1. The number of amides is 2. The molecule has 2 amide bonds. The first-order valence-corrected chi connectivity index (χ1v) is 7.23. The highest BCUT2D eigenvalue weighted by atomic mass is 32.1. The standard InChI is InChI=1S/C15H19N3O3S/c1-2-21-11-10-14(20)17-18-15(22)16-13(19)9-8-12-6-4-3-5-7-12/h3-9H,2,10-11H2,1H3,(H,17,20)(H2,16,18,19,22)/b9-8+. The minimum Gasteiger partial charge on any atom is -0.381 e. The van der Waals surface area contributed by atoms with Gasteiger partial charge in [-0.3, -0.25) is 25.8 Å². The maximum absolute atomic E-state index is 11.6. The van der Waals surface area contributed by atoms with E-state index in [0.717, 1.165) is 5.56 Å². The highest BCUT2D eigenvalue weighted by molar-refractivity contribution is 7.80. The number of hydrazine groups is 1. The Labute approximate surface area is 134 Å². The van der Waals surface area contributed by atoms with Crippen molar-refractivity contribution in [2.75, 3.05) is 13.2 Å². The molecule has 6 nitrogen and oxygen atoms in total. The number of benzene rings is 1. The summed E-state index contributed by atoms with van der Waals surface area (Å²) in [6.07, 6.45) is 3.24. The number of hydrogen-bond acceptors (Lipinski definition) is 4. The number of carbonyl (C=O) groups excluding carboxylic acids is 2. The van der Waals surface area contributed by atoms with Gasteiger partial charge in [0.1, 0.15) is 0 Å². The van der Waals surface area contributed by atoms with Crippen LogP contribution < -0.4 is 16.2 Å². The van der Waals surface area contributed by atoms with Crippen LogP contribution in [0.2, 0.25) is 0 Å². The van der Waals surface area contributed by atoms with Gasteiger partial charge in [0, 0.05) is 12.7 Å². The molecule has 0 fully saturated rings. The lowest BCUT2D eigenvalue weighted by Crippen LogP contribution is -2.48. The molecular weight excluding hydrogens is 302 g/mol. The van der Waals surface area contributed by atoms with E-state index in [1.807, 2.05) is 37.3 Å². The zero-order chi connectivity index (χ0) is 16.2. The molecule has 0 aliphatic rings. The van der Waals surface area contributed by atoms with Gasteiger partial charge in [-0.1, -0.05) is 30.3 Å². The fourth-order valence-corrected chi connectivity index (χ4v) is 1.57. The van der Waals surface area contributed by atoms with Crippen molar-refractivity contribution < 1.29 is 14.3 Å². The second-order valence-corrected chi connectivity index (χ2v) is 4.59. The molecule has 0 saturated heterocycles. The van der Waals surface area contributed by atoms with Crippen LogP contribution in [0, 0.1) is 0 Å². The van der Waals surface area contributed by atoms with Crippen molar-refractivity contribution in [1.29, 1.82) is 0 Å². The van der Waals surface area contributed by atoms with Crippen molar-refractivity contribution in [3.8, 4) is 0 Å². The molecule has 7 heteroatoms. The van der Waals surface area contributed by atoms with Crippen molar-refractivity contribution in [2.45, 2.75) is 13.3 Å². The Bertz CT molecular complexity index is 532. The minimum absolute atomic E-state index is 0.0208. The summed E-state index contributed by atoms with van der Waals surface area (Å²) in [7, 11) is 0. The van der Waals surface area contributed by atoms with Gasteiger partial charge in [0.15, 0.2) is 5.11 Å². The zero-order valence-electron chi connectivity index (χ0n) is 12.3. The zero-order valence-corrected chi connectivity index (χ0v) is 13.1. The molecular formula is C15H19N3O3S. The van der Waals surface area contributed by atoms with E-state index in [9.17, 15) is 9.59 Å². The van der Waals surface area contributed by atoms with Crippen molar-refractivity contribution >= 4 is 35.2 Å². The highest BCUT2D eigenvalue weighted by Gasteiger charge is 2.03.